The van der Waals surface area contributed by atoms with E-state index in [1.807, 2.05) is 0 Å². The first-order valence-electron chi connectivity index (χ1n) is 7.52. The van der Waals surface area contributed by atoms with E-state index in [9.17, 15) is 4.79 Å². The van der Waals surface area contributed by atoms with Crippen LogP contribution in [0.2, 0.25) is 0 Å². The minimum atomic E-state index is -0.906. The lowest BCUT2D eigenvalue weighted by Gasteiger charge is -2.26. The molecular weight excluding hydrogens is 254 g/mol. The third kappa shape index (κ3) is 3.82. The summed E-state index contributed by atoms with van der Waals surface area (Å²) >= 11 is 0. The molecule has 2 rings (SSSR count). The zero-order valence-corrected chi connectivity index (χ0v) is 12.4. The number of aryl methyl sites for hydroxylation is 1. The largest absolute Gasteiger partial charge is 0.478 e. The molecule has 0 aliphatic heterocycles. The quantitative estimate of drug-likeness (QED) is 0.785. The number of aromatic nitrogens is 2. The highest BCUT2D eigenvalue weighted by atomic mass is 16.4. The molecule has 1 fully saturated rings. The minimum absolute atomic E-state index is 0.297. The molecule has 0 aromatic carbocycles. The number of carbonyl (C=O) groups is 1. The molecule has 112 valence electrons. The van der Waals surface area contributed by atoms with Crippen molar-refractivity contribution in [3.05, 3.63) is 17.5 Å². The normalized spacial score (nSPS) is 22.9. The van der Waals surface area contributed by atoms with Gasteiger partial charge >= 0.3 is 5.97 Å². The molecule has 2 N–H and O–H groups in total. The van der Waals surface area contributed by atoms with E-state index in [0.29, 0.717) is 12.1 Å². The molecule has 0 amide bonds. The summed E-state index contributed by atoms with van der Waals surface area (Å²) in [6, 6.07) is 0. The Kier molecular flexibility index (Phi) is 5.17. The van der Waals surface area contributed by atoms with Gasteiger partial charge in [-0.25, -0.2) is 4.79 Å². The van der Waals surface area contributed by atoms with Gasteiger partial charge in [0.25, 0.3) is 0 Å². The lowest BCUT2D eigenvalue weighted by atomic mass is 9.81. The van der Waals surface area contributed by atoms with Crippen molar-refractivity contribution in [3.8, 4) is 0 Å². The molecule has 0 radical (unpaired) electrons. The van der Waals surface area contributed by atoms with Crippen molar-refractivity contribution in [2.75, 3.05) is 6.54 Å². The molecular formula is C15H25N3O2. The maximum absolute atomic E-state index is 11.1. The summed E-state index contributed by atoms with van der Waals surface area (Å²) in [7, 11) is 1.78. The summed E-state index contributed by atoms with van der Waals surface area (Å²) in [6.07, 6.45) is 8.02. The third-order valence-electron chi connectivity index (χ3n) is 4.36. The number of aromatic carboxylic acids is 1. The predicted molar refractivity (Wildman–Crippen MR) is 77.6 cm³/mol. The average Bonchev–Trinajstić information content (AvgIpc) is 2.76. The summed E-state index contributed by atoms with van der Waals surface area (Å²) in [6.45, 7) is 3.86. The first-order valence-corrected chi connectivity index (χ1v) is 7.52. The fourth-order valence-electron chi connectivity index (χ4n) is 3.19. The number of hydrogen-bond donors (Lipinski definition) is 2. The maximum atomic E-state index is 11.1. The van der Waals surface area contributed by atoms with Crippen LogP contribution in [0, 0.1) is 11.8 Å². The van der Waals surface area contributed by atoms with Crippen molar-refractivity contribution in [2.24, 2.45) is 18.9 Å². The molecule has 5 nitrogen and oxygen atoms in total. The van der Waals surface area contributed by atoms with Crippen molar-refractivity contribution in [1.29, 1.82) is 0 Å². The molecule has 0 spiro atoms. The summed E-state index contributed by atoms with van der Waals surface area (Å²) in [5, 5.41) is 16.5. The van der Waals surface area contributed by atoms with Gasteiger partial charge in [0.15, 0.2) is 0 Å². The summed E-state index contributed by atoms with van der Waals surface area (Å²) in [5.74, 6) is 0.789. The van der Waals surface area contributed by atoms with Crippen LogP contribution < -0.4 is 5.32 Å². The van der Waals surface area contributed by atoms with Gasteiger partial charge in [-0.05, 0) is 31.2 Å². The first-order chi connectivity index (χ1) is 9.58. The standard InChI is InChI=1S/C15H25N3O2/c1-11-4-3-5-12(8-11)6-7-16-10-14-13(15(19)20)9-17-18(14)2/h9,11-12,16H,3-8,10H2,1-2H3,(H,19,20). The van der Waals surface area contributed by atoms with E-state index >= 15 is 0 Å². The fraction of sp³-hybridized carbons (Fsp3) is 0.733. The van der Waals surface area contributed by atoms with Crippen molar-refractivity contribution >= 4 is 5.97 Å². The topological polar surface area (TPSA) is 67.2 Å². The highest BCUT2D eigenvalue weighted by Gasteiger charge is 2.18. The second-order valence-corrected chi connectivity index (χ2v) is 6.04. The lowest BCUT2D eigenvalue weighted by Crippen LogP contribution is -2.23. The van der Waals surface area contributed by atoms with E-state index in [-0.39, 0.29) is 0 Å². The average molecular weight is 279 g/mol. The fourth-order valence-corrected chi connectivity index (χ4v) is 3.19. The molecule has 5 heteroatoms. The zero-order valence-electron chi connectivity index (χ0n) is 12.4. The number of nitrogens with zero attached hydrogens (tertiary/aromatic N) is 2. The Balaban J connectivity index is 1.76. The molecule has 1 aromatic rings. The molecule has 2 unspecified atom stereocenters. The lowest BCUT2D eigenvalue weighted by molar-refractivity contribution is 0.0695. The monoisotopic (exact) mass is 279 g/mol. The molecule has 0 bridgehead atoms. The van der Waals surface area contributed by atoms with Crippen LogP contribution in [0.1, 0.15) is 55.1 Å². The predicted octanol–water partition coefficient (Wildman–Crippen LogP) is 2.42. The van der Waals surface area contributed by atoms with Crippen LogP contribution in [0.3, 0.4) is 0 Å². The smallest absolute Gasteiger partial charge is 0.339 e. The first kappa shape index (κ1) is 15.0. The summed E-state index contributed by atoms with van der Waals surface area (Å²) < 4.78 is 1.64. The Hall–Kier alpha value is -1.36. The van der Waals surface area contributed by atoms with Gasteiger partial charge in [-0.2, -0.15) is 5.10 Å². The molecule has 1 heterocycles. The molecule has 20 heavy (non-hydrogen) atoms. The number of carboxylic acid groups (broad SMARTS) is 1. The van der Waals surface area contributed by atoms with Gasteiger partial charge < -0.3 is 10.4 Å². The summed E-state index contributed by atoms with van der Waals surface area (Å²) in [4.78, 5) is 11.1. The van der Waals surface area contributed by atoms with Gasteiger partial charge in [0.2, 0.25) is 0 Å². The molecule has 1 aliphatic rings. The van der Waals surface area contributed by atoms with Gasteiger partial charge in [-0.15, -0.1) is 0 Å². The van der Waals surface area contributed by atoms with Gasteiger partial charge in [-0.3, -0.25) is 4.68 Å². The highest BCUT2D eigenvalue weighted by molar-refractivity contribution is 5.88. The van der Waals surface area contributed by atoms with Gasteiger partial charge in [0.05, 0.1) is 11.9 Å². The molecule has 2 atom stereocenters. The van der Waals surface area contributed by atoms with E-state index < -0.39 is 5.97 Å². The van der Waals surface area contributed by atoms with Gasteiger partial charge in [0.1, 0.15) is 5.56 Å². The molecule has 1 aliphatic carbocycles. The van der Waals surface area contributed by atoms with Crippen LogP contribution in [-0.4, -0.2) is 27.4 Å². The third-order valence-corrected chi connectivity index (χ3v) is 4.36. The van der Waals surface area contributed by atoms with Crippen LogP contribution in [0.15, 0.2) is 6.20 Å². The molecule has 0 saturated heterocycles. The Morgan fingerprint density at radius 3 is 3.05 bits per heavy atom. The minimum Gasteiger partial charge on any atom is -0.478 e. The van der Waals surface area contributed by atoms with Gasteiger partial charge in [0, 0.05) is 13.6 Å². The van der Waals surface area contributed by atoms with Crippen molar-refractivity contribution in [2.45, 2.75) is 45.6 Å². The second-order valence-electron chi connectivity index (χ2n) is 6.04. The van der Waals surface area contributed by atoms with E-state index in [1.165, 1.54) is 38.3 Å². The SMILES string of the molecule is CC1CCCC(CCNCc2c(C(=O)O)cnn2C)C1. The Morgan fingerprint density at radius 1 is 1.55 bits per heavy atom. The van der Waals surface area contributed by atoms with Crippen LogP contribution in [0.5, 0.6) is 0 Å². The Labute approximate surface area is 120 Å². The summed E-state index contributed by atoms with van der Waals surface area (Å²) in [5.41, 5.74) is 1.04. The van der Waals surface area contributed by atoms with E-state index in [4.69, 9.17) is 5.11 Å². The van der Waals surface area contributed by atoms with Crippen molar-refractivity contribution in [3.63, 3.8) is 0 Å². The van der Waals surface area contributed by atoms with Crippen molar-refractivity contribution in [1.82, 2.24) is 15.1 Å². The number of nitrogens with one attached hydrogen (secondary N) is 1. The van der Waals surface area contributed by atoms with E-state index in [2.05, 4.69) is 17.3 Å². The maximum Gasteiger partial charge on any atom is 0.339 e. The van der Waals surface area contributed by atoms with Crippen LogP contribution >= 0.6 is 0 Å². The van der Waals surface area contributed by atoms with Gasteiger partial charge in [-0.1, -0.05) is 26.2 Å². The van der Waals surface area contributed by atoms with E-state index in [1.54, 1.807) is 11.7 Å². The number of hydrogen-bond acceptors (Lipinski definition) is 3. The van der Waals surface area contributed by atoms with Crippen molar-refractivity contribution < 1.29 is 9.90 Å². The molecule has 1 aromatic heterocycles. The Morgan fingerprint density at radius 2 is 2.35 bits per heavy atom. The second kappa shape index (κ2) is 6.88. The van der Waals surface area contributed by atoms with Crippen LogP contribution in [0.4, 0.5) is 0 Å². The zero-order chi connectivity index (χ0) is 14.5. The number of carboxylic acids is 1. The Bertz CT molecular complexity index is 456. The highest BCUT2D eigenvalue weighted by Crippen LogP contribution is 2.30. The number of rotatable bonds is 6. The van der Waals surface area contributed by atoms with Crippen LogP contribution in [-0.2, 0) is 13.6 Å². The van der Waals surface area contributed by atoms with E-state index in [0.717, 1.165) is 24.1 Å². The van der Waals surface area contributed by atoms with Crippen LogP contribution in [0.25, 0.3) is 0 Å². The molecule has 1 saturated carbocycles.